The van der Waals surface area contributed by atoms with Crippen LogP contribution < -0.4 is 5.73 Å². The van der Waals surface area contributed by atoms with Gasteiger partial charge >= 0.3 is 0 Å². The van der Waals surface area contributed by atoms with Crippen LogP contribution in [0.5, 0.6) is 0 Å². The summed E-state index contributed by atoms with van der Waals surface area (Å²) in [5.41, 5.74) is 6.99. The van der Waals surface area contributed by atoms with E-state index in [1.165, 1.54) is 38.8 Å². The molecule has 0 aromatic rings. The molecule has 2 nitrogen and oxygen atoms in total. The summed E-state index contributed by atoms with van der Waals surface area (Å²) < 4.78 is 0. The predicted octanol–water partition coefficient (Wildman–Crippen LogP) is 1.84. The first-order chi connectivity index (χ1) is 7.12. The molecule has 3 fully saturated rings. The van der Waals surface area contributed by atoms with Gasteiger partial charge in [-0.25, -0.2) is 0 Å². The standard InChI is InChI=1S/C13H24N2/c1-9(2)15-5-3-13(4-6-15)8-10-7-11(10)12(13)14/h9-12H,3-8,14H2,1-2H3/t10?,11?,12-/m0/s1. The average Bonchev–Trinajstić information content (AvgIpc) is 2.91. The summed E-state index contributed by atoms with van der Waals surface area (Å²) in [5.74, 6) is 1.93. The molecule has 1 saturated heterocycles. The Morgan fingerprint density at radius 2 is 1.93 bits per heavy atom. The molecule has 0 aromatic carbocycles. The second kappa shape index (κ2) is 3.21. The molecule has 2 heteroatoms. The van der Waals surface area contributed by atoms with Crippen molar-refractivity contribution in [3.63, 3.8) is 0 Å². The molecule has 3 atom stereocenters. The maximum Gasteiger partial charge on any atom is 0.0128 e. The first kappa shape index (κ1) is 10.1. The van der Waals surface area contributed by atoms with E-state index in [-0.39, 0.29) is 0 Å². The van der Waals surface area contributed by atoms with Crippen LogP contribution in [-0.2, 0) is 0 Å². The fraction of sp³-hybridized carbons (Fsp3) is 1.00. The minimum absolute atomic E-state index is 0.539. The molecule has 15 heavy (non-hydrogen) atoms. The number of fused-ring (bicyclic) bond motifs is 1. The van der Waals surface area contributed by atoms with Crippen LogP contribution in [0.4, 0.5) is 0 Å². The Bertz CT molecular complexity index is 253. The number of hydrogen-bond donors (Lipinski definition) is 1. The van der Waals surface area contributed by atoms with Gasteiger partial charge in [-0.15, -0.1) is 0 Å². The minimum atomic E-state index is 0.539. The highest BCUT2D eigenvalue weighted by Gasteiger charge is 2.59. The second-order valence-corrected chi connectivity index (χ2v) is 6.38. The van der Waals surface area contributed by atoms with Crippen LogP contribution in [0.1, 0.15) is 39.5 Å². The summed E-state index contributed by atoms with van der Waals surface area (Å²) in [6, 6.07) is 1.26. The fourth-order valence-corrected chi connectivity index (χ4v) is 4.08. The molecule has 3 aliphatic rings. The summed E-state index contributed by atoms with van der Waals surface area (Å²) in [6.07, 6.45) is 5.61. The maximum atomic E-state index is 6.43. The summed E-state index contributed by atoms with van der Waals surface area (Å²) in [7, 11) is 0. The first-order valence-electron chi connectivity index (χ1n) is 6.62. The quantitative estimate of drug-likeness (QED) is 0.712. The van der Waals surface area contributed by atoms with E-state index in [0.29, 0.717) is 11.5 Å². The maximum absolute atomic E-state index is 6.43. The molecule has 0 radical (unpaired) electrons. The zero-order valence-electron chi connectivity index (χ0n) is 10.1. The van der Waals surface area contributed by atoms with Gasteiger partial charge in [0.1, 0.15) is 0 Å². The van der Waals surface area contributed by atoms with Crippen molar-refractivity contribution < 1.29 is 0 Å². The largest absolute Gasteiger partial charge is 0.327 e. The van der Waals surface area contributed by atoms with Gasteiger partial charge in [0.25, 0.3) is 0 Å². The van der Waals surface area contributed by atoms with E-state index in [9.17, 15) is 0 Å². The summed E-state index contributed by atoms with van der Waals surface area (Å²) >= 11 is 0. The van der Waals surface area contributed by atoms with Crippen LogP contribution in [0.2, 0.25) is 0 Å². The minimum Gasteiger partial charge on any atom is -0.327 e. The monoisotopic (exact) mass is 208 g/mol. The van der Waals surface area contributed by atoms with Gasteiger partial charge in [0, 0.05) is 12.1 Å². The molecule has 1 heterocycles. The van der Waals surface area contributed by atoms with Crippen molar-refractivity contribution in [3.8, 4) is 0 Å². The van der Waals surface area contributed by atoms with Crippen molar-refractivity contribution in [1.29, 1.82) is 0 Å². The van der Waals surface area contributed by atoms with Gasteiger partial charge in [-0.05, 0) is 69.9 Å². The fourth-order valence-electron chi connectivity index (χ4n) is 4.08. The van der Waals surface area contributed by atoms with Crippen molar-refractivity contribution in [2.45, 2.75) is 51.6 Å². The number of rotatable bonds is 1. The molecule has 1 aliphatic heterocycles. The highest BCUT2D eigenvalue weighted by Crippen LogP contribution is 2.62. The van der Waals surface area contributed by atoms with Gasteiger partial charge in [0.15, 0.2) is 0 Å². The van der Waals surface area contributed by atoms with E-state index in [4.69, 9.17) is 5.73 Å². The van der Waals surface area contributed by atoms with E-state index in [0.717, 1.165) is 17.9 Å². The van der Waals surface area contributed by atoms with Crippen LogP contribution in [0.3, 0.4) is 0 Å². The van der Waals surface area contributed by atoms with E-state index in [2.05, 4.69) is 18.7 Å². The second-order valence-electron chi connectivity index (χ2n) is 6.38. The summed E-state index contributed by atoms with van der Waals surface area (Å²) in [4.78, 5) is 2.61. The topological polar surface area (TPSA) is 29.3 Å². The van der Waals surface area contributed by atoms with Gasteiger partial charge in [0.2, 0.25) is 0 Å². The van der Waals surface area contributed by atoms with Crippen LogP contribution in [0, 0.1) is 17.3 Å². The van der Waals surface area contributed by atoms with Gasteiger partial charge in [-0.1, -0.05) is 0 Å². The van der Waals surface area contributed by atoms with Crippen molar-refractivity contribution in [2.75, 3.05) is 13.1 Å². The molecule has 1 spiro atoms. The molecule has 86 valence electrons. The Morgan fingerprint density at radius 1 is 1.27 bits per heavy atom. The molecule has 2 N–H and O–H groups in total. The molecule has 0 amide bonds. The lowest BCUT2D eigenvalue weighted by atomic mass is 9.71. The molecule has 2 saturated carbocycles. The Balaban J connectivity index is 1.66. The summed E-state index contributed by atoms with van der Waals surface area (Å²) in [5, 5.41) is 0. The van der Waals surface area contributed by atoms with Crippen LogP contribution in [-0.4, -0.2) is 30.1 Å². The summed E-state index contributed by atoms with van der Waals surface area (Å²) in [6.45, 7) is 7.18. The van der Waals surface area contributed by atoms with Gasteiger partial charge in [-0.3, -0.25) is 0 Å². The van der Waals surface area contributed by atoms with Crippen molar-refractivity contribution >= 4 is 0 Å². The lowest BCUT2D eigenvalue weighted by molar-refractivity contribution is 0.0652. The Kier molecular flexibility index (Phi) is 2.16. The SMILES string of the molecule is CC(C)N1CCC2(CC1)CC1CC1[C@@H]2N. The number of nitrogens with two attached hydrogens (primary N) is 1. The zero-order valence-corrected chi connectivity index (χ0v) is 10.1. The third-order valence-corrected chi connectivity index (χ3v) is 5.34. The molecule has 0 aromatic heterocycles. The Labute approximate surface area is 93.2 Å². The van der Waals surface area contributed by atoms with Crippen molar-refractivity contribution in [1.82, 2.24) is 4.90 Å². The van der Waals surface area contributed by atoms with Crippen LogP contribution in [0.25, 0.3) is 0 Å². The number of hydrogen-bond acceptors (Lipinski definition) is 2. The zero-order chi connectivity index (χ0) is 10.6. The molecular weight excluding hydrogens is 184 g/mol. The molecule has 2 aliphatic carbocycles. The van der Waals surface area contributed by atoms with E-state index in [1.54, 1.807) is 0 Å². The van der Waals surface area contributed by atoms with E-state index >= 15 is 0 Å². The lowest BCUT2D eigenvalue weighted by Crippen LogP contribution is -2.50. The lowest BCUT2D eigenvalue weighted by Gasteiger charge is -2.44. The average molecular weight is 208 g/mol. The van der Waals surface area contributed by atoms with Crippen LogP contribution >= 0.6 is 0 Å². The number of nitrogens with zero attached hydrogens (tertiary/aromatic N) is 1. The highest BCUT2D eigenvalue weighted by molar-refractivity contribution is 5.12. The van der Waals surface area contributed by atoms with Gasteiger partial charge < -0.3 is 10.6 Å². The van der Waals surface area contributed by atoms with E-state index in [1.807, 2.05) is 0 Å². The number of likely N-dealkylation sites (tertiary alicyclic amines) is 1. The molecule has 2 unspecified atom stereocenters. The van der Waals surface area contributed by atoms with Crippen LogP contribution in [0.15, 0.2) is 0 Å². The molecule has 0 bridgehead atoms. The van der Waals surface area contributed by atoms with E-state index < -0.39 is 0 Å². The Morgan fingerprint density at radius 3 is 2.40 bits per heavy atom. The molecular formula is C13H24N2. The van der Waals surface area contributed by atoms with Gasteiger partial charge in [0.05, 0.1) is 0 Å². The Hall–Kier alpha value is -0.0800. The number of piperidine rings is 1. The van der Waals surface area contributed by atoms with Gasteiger partial charge in [-0.2, -0.15) is 0 Å². The predicted molar refractivity (Wildman–Crippen MR) is 62.6 cm³/mol. The first-order valence-corrected chi connectivity index (χ1v) is 6.62. The smallest absolute Gasteiger partial charge is 0.0128 e. The highest BCUT2D eigenvalue weighted by atomic mass is 15.2. The van der Waals surface area contributed by atoms with Crippen molar-refractivity contribution in [2.24, 2.45) is 23.0 Å². The third kappa shape index (κ3) is 1.45. The van der Waals surface area contributed by atoms with Crippen molar-refractivity contribution in [3.05, 3.63) is 0 Å². The molecule has 3 rings (SSSR count). The normalized spacial score (nSPS) is 43.6. The third-order valence-electron chi connectivity index (χ3n) is 5.34.